The predicted molar refractivity (Wildman–Crippen MR) is 82.4 cm³/mol. The molecule has 0 radical (unpaired) electrons. The second kappa shape index (κ2) is 8.47. The highest BCUT2D eigenvalue weighted by Gasteiger charge is 2.11. The maximum atomic E-state index is 13.3. The number of aromatic nitrogens is 2. The third-order valence-electron chi connectivity index (χ3n) is 2.77. The Bertz CT molecular complexity index is 637. The van der Waals surface area contributed by atoms with Crippen molar-refractivity contribution >= 4 is 23.5 Å². The van der Waals surface area contributed by atoms with Crippen LogP contribution >= 0.6 is 11.8 Å². The highest BCUT2D eigenvalue weighted by molar-refractivity contribution is 7.99. The number of hydrogen-bond donors (Lipinski definition) is 2. The third kappa shape index (κ3) is 5.85. The molecule has 23 heavy (non-hydrogen) atoms. The number of benzene rings is 1. The van der Waals surface area contributed by atoms with Crippen molar-refractivity contribution in [1.82, 2.24) is 14.9 Å². The predicted octanol–water partition coefficient (Wildman–Crippen LogP) is 3.20. The molecule has 2 N–H and O–H groups in total. The van der Waals surface area contributed by atoms with E-state index in [4.69, 9.17) is 0 Å². The molecule has 1 aromatic carbocycles. The lowest BCUT2D eigenvalue weighted by Gasteiger charge is -2.12. The summed E-state index contributed by atoms with van der Waals surface area (Å²) >= 11 is 0.856. The minimum absolute atomic E-state index is 0.163. The molecule has 0 saturated heterocycles. The molecule has 124 valence electrons. The number of carbonyl (C=O) groups is 1. The number of nitrogens with one attached hydrogen (secondary N) is 2. The summed E-state index contributed by atoms with van der Waals surface area (Å²) in [6.45, 7) is 0.876. The molecule has 1 heterocycles. The van der Waals surface area contributed by atoms with Gasteiger partial charge in [0.15, 0.2) is 0 Å². The zero-order valence-electron chi connectivity index (χ0n) is 12.0. The van der Waals surface area contributed by atoms with Gasteiger partial charge in [0.25, 0.3) is 0 Å². The van der Waals surface area contributed by atoms with E-state index in [2.05, 4.69) is 15.6 Å². The first-order valence-electron chi connectivity index (χ1n) is 6.75. The Morgan fingerprint density at radius 2 is 2.22 bits per heavy atom. The fraction of sp³-hybridized carbons (Fsp3) is 0.286. The Labute approximate surface area is 135 Å². The Balaban J connectivity index is 1.89. The first-order chi connectivity index (χ1) is 11.0. The molecule has 0 spiro atoms. The van der Waals surface area contributed by atoms with Crippen LogP contribution in [0.25, 0.3) is 0 Å². The standard InChI is InChI=1S/C14H15F3N4OS/c15-10-1-2-12(23-8-13(16)17)11(7-10)20-14(22)19-4-6-21-5-3-18-9-21/h1-3,5,7,9,13H,4,6,8H2,(H2,19,20,22). The normalized spacial score (nSPS) is 10.8. The van der Waals surface area contributed by atoms with E-state index in [1.54, 1.807) is 23.3 Å². The lowest BCUT2D eigenvalue weighted by atomic mass is 10.3. The number of imidazole rings is 1. The van der Waals surface area contributed by atoms with Gasteiger partial charge in [-0.25, -0.2) is 22.9 Å². The number of alkyl halides is 2. The molecular weight excluding hydrogens is 329 g/mol. The number of carbonyl (C=O) groups excluding carboxylic acids is 1. The number of thioether (sulfide) groups is 1. The molecule has 0 atom stereocenters. The van der Waals surface area contributed by atoms with E-state index in [-0.39, 0.29) is 5.69 Å². The van der Waals surface area contributed by atoms with Gasteiger partial charge in [-0.15, -0.1) is 11.8 Å². The van der Waals surface area contributed by atoms with Crippen LogP contribution in [0, 0.1) is 5.82 Å². The van der Waals surface area contributed by atoms with E-state index in [1.807, 2.05) is 0 Å². The molecule has 2 amide bonds. The molecular formula is C14H15F3N4OS. The average molecular weight is 344 g/mol. The van der Waals surface area contributed by atoms with Crippen LogP contribution in [0.3, 0.4) is 0 Å². The monoisotopic (exact) mass is 344 g/mol. The van der Waals surface area contributed by atoms with E-state index >= 15 is 0 Å². The van der Waals surface area contributed by atoms with Gasteiger partial charge in [-0.1, -0.05) is 0 Å². The molecule has 0 aliphatic carbocycles. The number of rotatable bonds is 7. The zero-order chi connectivity index (χ0) is 16.7. The van der Waals surface area contributed by atoms with Crippen molar-refractivity contribution in [3.8, 4) is 0 Å². The number of amides is 2. The van der Waals surface area contributed by atoms with Crippen molar-refractivity contribution < 1.29 is 18.0 Å². The van der Waals surface area contributed by atoms with Gasteiger partial charge in [0, 0.05) is 30.4 Å². The fourth-order valence-corrected chi connectivity index (χ4v) is 2.50. The van der Waals surface area contributed by atoms with Gasteiger partial charge in [0.05, 0.1) is 17.8 Å². The summed E-state index contributed by atoms with van der Waals surface area (Å²) < 4.78 is 39.7. The smallest absolute Gasteiger partial charge is 0.319 e. The lowest BCUT2D eigenvalue weighted by Crippen LogP contribution is -2.31. The molecule has 0 saturated carbocycles. The van der Waals surface area contributed by atoms with Crippen molar-refractivity contribution in [2.24, 2.45) is 0 Å². The van der Waals surface area contributed by atoms with Crippen LogP contribution in [0.2, 0.25) is 0 Å². The van der Waals surface area contributed by atoms with Crippen LogP contribution < -0.4 is 10.6 Å². The van der Waals surface area contributed by atoms with Crippen LogP contribution in [-0.2, 0) is 6.54 Å². The lowest BCUT2D eigenvalue weighted by molar-refractivity contribution is 0.177. The van der Waals surface area contributed by atoms with Crippen LogP contribution in [0.4, 0.5) is 23.7 Å². The summed E-state index contributed by atoms with van der Waals surface area (Å²) in [5.41, 5.74) is 0.163. The number of anilines is 1. The summed E-state index contributed by atoms with van der Waals surface area (Å²) in [6, 6.07) is 3.09. The van der Waals surface area contributed by atoms with E-state index in [0.717, 1.165) is 23.9 Å². The molecule has 2 aromatic rings. The van der Waals surface area contributed by atoms with E-state index in [0.29, 0.717) is 18.0 Å². The molecule has 0 fully saturated rings. The van der Waals surface area contributed by atoms with Gasteiger partial charge in [0.2, 0.25) is 6.43 Å². The molecule has 2 rings (SSSR count). The molecule has 0 bridgehead atoms. The minimum Gasteiger partial charge on any atom is -0.336 e. The van der Waals surface area contributed by atoms with Crippen LogP contribution in [0.1, 0.15) is 0 Å². The van der Waals surface area contributed by atoms with E-state index in [1.165, 1.54) is 6.07 Å². The van der Waals surface area contributed by atoms with Crippen LogP contribution in [-0.4, -0.2) is 34.3 Å². The van der Waals surface area contributed by atoms with Crippen molar-refractivity contribution in [1.29, 1.82) is 0 Å². The van der Waals surface area contributed by atoms with Gasteiger partial charge in [-0.05, 0) is 18.2 Å². The maximum Gasteiger partial charge on any atom is 0.319 e. The second-order valence-electron chi connectivity index (χ2n) is 4.52. The molecule has 0 aliphatic heterocycles. The highest BCUT2D eigenvalue weighted by atomic mass is 32.2. The largest absolute Gasteiger partial charge is 0.336 e. The molecule has 5 nitrogen and oxygen atoms in total. The van der Waals surface area contributed by atoms with Crippen molar-refractivity contribution in [3.63, 3.8) is 0 Å². The first kappa shape index (κ1) is 17.2. The fourth-order valence-electron chi connectivity index (χ4n) is 1.76. The van der Waals surface area contributed by atoms with Gasteiger partial charge in [0.1, 0.15) is 5.82 Å². The van der Waals surface area contributed by atoms with Crippen molar-refractivity contribution in [3.05, 3.63) is 42.7 Å². The topological polar surface area (TPSA) is 59.0 Å². The van der Waals surface area contributed by atoms with Crippen LogP contribution in [0.5, 0.6) is 0 Å². The summed E-state index contributed by atoms with van der Waals surface area (Å²) in [4.78, 5) is 16.1. The van der Waals surface area contributed by atoms with E-state index < -0.39 is 24.0 Å². The third-order valence-corrected chi connectivity index (χ3v) is 3.86. The zero-order valence-corrected chi connectivity index (χ0v) is 12.8. The molecule has 9 heteroatoms. The van der Waals surface area contributed by atoms with Gasteiger partial charge in [-0.3, -0.25) is 0 Å². The van der Waals surface area contributed by atoms with E-state index in [9.17, 15) is 18.0 Å². The second-order valence-corrected chi connectivity index (χ2v) is 5.59. The Hall–Kier alpha value is -2.16. The Morgan fingerprint density at radius 1 is 1.39 bits per heavy atom. The maximum absolute atomic E-state index is 13.3. The van der Waals surface area contributed by atoms with Gasteiger partial charge < -0.3 is 15.2 Å². The molecule has 0 aliphatic rings. The number of urea groups is 1. The van der Waals surface area contributed by atoms with Gasteiger partial charge >= 0.3 is 6.03 Å². The average Bonchev–Trinajstić information content (AvgIpc) is 2.99. The minimum atomic E-state index is -2.48. The van der Waals surface area contributed by atoms with Gasteiger partial charge in [-0.2, -0.15) is 0 Å². The quantitative estimate of drug-likeness (QED) is 0.759. The highest BCUT2D eigenvalue weighted by Crippen LogP contribution is 2.29. The first-order valence-corrected chi connectivity index (χ1v) is 7.74. The molecule has 1 aromatic heterocycles. The summed E-state index contributed by atoms with van der Waals surface area (Å²) in [6.07, 6.45) is 2.51. The molecule has 0 unspecified atom stereocenters. The SMILES string of the molecule is O=C(NCCn1ccnc1)Nc1cc(F)ccc1SCC(F)F. The Morgan fingerprint density at radius 3 is 2.91 bits per heavy atom. The number of hydrogen-bond acceptors (Lipinski definition) is 3. The summed E-state index contributed by atoms with van der Waals surface area (Å²) in [5.74, 6) is -0.983. The number of halogens is 3. The summed E-state index contributed by atoms with van der Waals surface area (Å²) in [5, 5.41) is 5.08. The van der Waals surface area contributed by atoms with Crippen molar-refractivity contribution in [2.75, 3.05) is 17.6 Å². The summed E-state index contributed by atoms with van der Waals surface area (Å²) in [7, 11) is 0. The number of nitrogens with zero attached hydrogens (tertiary/aromatic N) is 2. The Kier molecular flexibility index (Phi) is 6.33. The van der Waals surface area contributed by atoms with Crippen LogP contribution in [0.15, 0.2) is 41.8 Å². The van der Waals surface area contributed by atoms with Crippen molar-refractivity contribution in [2.45, 2.75) is 17.9 Å².